The summed E-state index contributed by atoms with van der Waals surface area (Å²) in [4.78, 5) is 42.3. The molecular weight excluding hydrogens is 614 g/mol. The van der Waals surface area contributed by atoms with Crippen LogP contribution in [0.2, 0.25) is 5.02 Å². The Hall–Kier alpha value is -3.74. The number of nitrogens with zero attached hydrogens (tertiary/aromatic N) is 3. The van der Waals surface area contributed by atoms with Gasteiger partial charge in [0.15, 0.2) is 4.80 Å². The van der Waals surface area contributed by atoms with Gasteiger partial charge in [0, 0.05) is 17.7 Å². The van der Waals surface area contributed by atoms with Gasteiger partial charge in [-0.1, -0.05) is 22.9 Å². The fraction of sp³-hybridized carbons (Fsp3) is 0.192. The molecule has 4 aromatic rings. The third-order valence-corrected chi connectivity index (χ3v) is 8.28. The molecule has 4 heterocycles. The molecule has 0 N–H and O–H groups in total. The molecule has 1 aliphatic heterocycles. The number of carbonyl (C=O) groups is 1. The van der Waals surface area contributed by atoms with E-state index in [-0.39, 0.29) is 27.4 Å². The SMILES string of the molecule is CCOC(=O)C1=C(C)N=c2s/c(=C\c3ccc(-c4cc(Cl)c(Br)c([N+](=O)[O-])c4)o3)c(=O)n2[C@@H]1c1ccc(C)o1. The molecule has 3 aromatic heterocycles. The van der Waals surface area contributed by atoms with E-state index < -0.39 is 22.5 Å². The number of fused-ring (bicyclic) bond motifs is 1. The van der Waals surface area contributed by atoms with Crippen molar-refractivity contribution in [2.75, 3.05) is 6.61 Å². The summed E-state index contributed by atoms with van der Waals surface area (Å²) in [5.74, 6) is 1.12. The maximum Gasteiger partial charge on any atom is 0.338 e. The van der Waals surface area contributed by atoms with E-state index in [0.717, 1.165) is 11.3 Å². The number of halogens is 2. The first-order chi connectivity index (χ1) is 18.6. The number of thiazole rings is 1. The highest BCUT2D eigenvalue weighted by Gasteiger charge is 2.35. The van der Waals surface area contributed by atoms with E-state index >= 15 is 0 Å². The van der Waals surface area contributed by atoms with Gasteiger partial charge in [0.2, 0.25) is 0 Å². The zero-order chi connectivity index (χ0) is 28.0. The zero-order valence-corrected chi connectivity index (χ0v) is 23.8. The van der Waals surface area contributed by atoms with Gasteiger partial charge in [-0.3, -0.25) is 19.5 Å². The van der Waals surface area contributed by atoms with Crippen LogP contribution in [-0.2, 0) is 9.53 Å². The Morgan fingerprint density at radius 1 is 1.28 bits per heavy atom. The van der Waals surface area contributed by atoms with Crippen LogP contribution in [0.15, 0.2) is 70.8 Å². The number of nitro benzene ring substituents is 1. The van der Waals surface area contributed by atoms with Crippen LogP contribution in [0.3, 0.4) is 0 Å². The number of aryl methyl sites for hydroxylation is 1. The molecule has 39 heavy (non-hydrogen) atoms. The summed E-state index contributed by atoms with van der Waals surface area (Å²) in [6.45, 7) is 5.33. The summed E-state index contributed by atoms with van der Waals surface area (Å²) in [5, 5.41) is 11.5. The highest BCUT2D eigenvalue weighted by atomic mass is 79.9. The van der Waals surface area contributed by atoms with E-state index in [9.17, 15) is 19.7 Å². The summed E-state index contributed by atoms with van der Waals surface area (Å²) < 4.78 is 18.9. The molecule has 5 rings (SSSR count). The van der Waals surface area contributed by atoms with Gasteiger partial charge >= 0.3 is 5.97 Å². The number of esters is 1. The van der Waals surface area contributed by atoms with Gasteiger partial charge in [-0.05, 0) is 67.0 Å². The lowest BCUT2D eigenvalue weighted by atomic mass is 10.0. The molecule has 0 amide bonds. The van der Waals surface area contributed by atoms with Crippen molar-refractivity contribution in [3.8, 4) is 11.3 Å². The van der Waals surface area contributed by atoms with Crippen LogP contribution in [0.1, 0.15) is 37.2 Å². The molecule has 200 valence electrons. The maximum atomic E-state index is 13.6. The van der Waals surface area contributed by atoms with E-state index in [1.807, 2.05) is 0 Å². The standard InChI is InChI=1S/C26H19BrClN3O7S/c1-4-36-25(33)21-13(3)29-26-30(23(21)19-7-5-12(2)37-19)24(32)20(39-26)11-15-6-8-18(38-15)14-9-16(28)22(27)17(10-14)31(34)35/h5-11,23H,4H2,1-3H3/b20-11-/t23-/m1/s1. The van der Waals surface area contributed by atoms with Crippen molar-refractivity contribution in [1.82, 2.24) is 4.57 Å². The fourth-order valence-electron chi connectivity index (χ4n) is 4.23. The van der Waals surface area contributed by atoms with Crippen molar-refractivity contribution in [2.45, 2.75) is 26.8 Å². The Labute approximate surface area is 237 Å². The van der Waals surface area contributed by atoms with E-state index in [1.165, 1.54) is 10.6 Å². The van der Waals surface area contributed by atoms with Crippen LogP contribution in [0.5, 0.6) is 0 Å². The first-order valence-corrected chi connectivity index (χ1v) is 13.6. The summed E-state index contributed by atoms with van der Waals surface area (Å²) in [7, 11) is 0. The molecule has 1 atom stereocenters. The lowest BCUT2D eigenvalue weighted by Gasteiger charge is -2.22. The Morgan fingerprint density at radius 2 is 2.05 bits per heavy atom. The van der Waals surface area contributed by atoms with Crippen LogP contribution in [-0.4, -0.2) is 22.1 Å². The Bertz CT molecular complexity index is 1860. The highest BCUT2D eigenvalue weighted by molar-refractivity contribution is 9.10. The van der Waals surface area contributed by atoms with E-state index in [4.69, 9.17) is 25.2 Å². The van der Waals surface area contributed by atoms with Gasteiger partial charge in [-0.2, -0.15) is 0 Å². The second-order valence-electron chi connectivity index (χ2n) is 8.50. The molecular formula is C26H19BrClN3O7S. The first kappa shape index (κ1) is 26.9. The summed E-state index contributed by atoms with van der Waals surface area (Å²) in [6.07, 6.45) is 1.55. The van der Waals surface area contributed by atoms with Gasteiger partial charge in [-0.25, -0.2) is 9.79 Å². The van der Waals surface area contributed by atoms with Crippen LogP contribution < -0.4 is 14.9 Å². The summed E-state index contributed by atoms with van der Waals surface area (Å²) >= 11 is 10.4. The monoisotopic (exact) mass is 631 g/mol. The minimum absolute atomic E-state index is 0.159. The Balaban J connectivity index is 1.61. The molecule has 10 nitrogen and oxygen atoms in total. The quantitative estimate of drug-likeness (QED) is 0.161. The predicted octanol–water partition coefficient (Wildman–Crippen LogP) is 5.28. The second-order valence-corrected chi connectivity index (χ2v) is 10.7. The third-order valence-electron chi connectivity index (χ3n) is 5.94. The van der Waals surface area contributed by atoms with Crippen molar-refractivity contribution in [2.24, 2.45) is 4.99 Å². The number of hydrogen-bond acceptors (Lipinski definition) is 9. The minimum atomic E-state index is -0.853. The molecule has 0 aliphatic carbocycles. The molecule has 0 unspecified atom stereocenters. The number of allylic oxidation sites excluding steroid dienone is 1. The van der Waals surface area contributed by atoms with Crippen molar-refractivity contribution in [3.05, 3.63) is 104 Å². The maximum absolute atomic E-state index is 13.6. The van der Waals surface area contributed by atoms with Crippen molar-refractivity contribution in [3.63, 3.8) is 0 Å². The number of ether oxygens (including phenoxy) is 1. The average molecular weight is 633 g/mol. The highest BCUT2D eigenvalue weighted by Crippen LogP contribution is 2.37. The van der Waals surface area contributed by atoms with E-state index in [1.54, 1.807) is 57.2 Å². The van der Waals surface area contributed by atoms with Crippen LogP contribution in [0, 0.1) is 17.0 Å². The van der Waals surface area contributed by atoms with Gasteiger partial charge in [0.05, 0.1) is 32.4 Å². The topological polar surface area (TPSA) is 130 Å². The minimum Gasteiger partial charge on any atom is -0.464 e. The largest absolute Gasteiger partial charge is 0.464 e. The molecule has 0 bridgehead atoms. The second kappa shape index (κ2) is 10.4. The molecule has 1 aliphatic rings. The number of nitro groups is 1. The van der Waals surface area contributed by atoms with Crippen molar-refractivity contribution >= 4 is 56.6 Å². The third kappa shape index (κ3) is 4.90. The molecule has 13 heteroatoms. The number of carbonyl (C=O) groups excluding carboxylic acids is 1. The van der Waals surface area contributed by atoms with E-state index in [0.29, 0.717) is 43.6 Å². The first-order valence-electron chi connectivity index (χ1n) is 11.6. The molecule has 0 radical (unpaired) electrons. The van der Waals surface area contributed by atoms with Crippen LogP contribution in [0.4, 0.5) is 5.69 Å². The molecule has 0 saturated carbocycles. The van der Waals surface area contributed by atoms with Gasteiger partial charge in [0.1, 0.15) is 33.6 Å². The number of furan rings is 2. The fourth-order valence-corrected chi connectivity index (χ4v) is 5.84. The number of hydrogen-bond donors (Lipinski definition) is 0. The Morgan fingerprint density at radius 3 is 2.72 bits per heavy atom. The zero-order valence-electron chi connectivity index (χ0n) is 20.7. The number of rotatable bonds is 6. The smallest absolute Gasteiger partial charge is 0.338 e. The Kier molecular flexibility index (Phi) is 7.19. The molecule has 0 fully saturated rings. The van der Waals surface area contributed by atoms with Crippen molar-refractivity contribution < 1.29 is 23.3 Å². The summed E-state index contributed by atoms with van der Waals surface area (Å²) in [6, 6.07) is 8.77. The van der Waals surface area contributed by atoms with Crippen LogP contribution in [0.25, 0.3) is 17.4 Å². The molecule has 1 aromatic carbocycles. The van der Waals surface area contributed by atoms with Gasteiger partial charge < -0.3 is 13.6 Å². The lowest BCUT2D eigenvalue weighted by Crippen LogP contribution is -2.39. The molecule has 0 spiro atoms. The van der Waals surface area contributed by atoms with Gasteiger partial charge in [-0.15, -0.1) is 0 Å². The van der Waals surface area contributed by atoms with Gasteiger partial charge in [0.25, 0.3) is 11.2 Å². The lowest BCUT2D eigenvalue weighted by molar-refractivity contribution is -0.385. The number of aromatic nitrogens is 1. The predicted molar refractivity (Wildman–Crippen MR) is 147 cm³/mol. The average Bonchev–Trinajstić information content (AvgIpc) is 3.60. The van der Waals surface area contributed by atoms with E-state index in [2.05, 4.69) is 20.9 Å². The summed E-state index contributed by atoms with van der Waals surface area (Å²) in [5.41, 5.74) is 0.449. The van der Waals surface area contributed by atoms with Crippen molar-refractivity contribution in [1.29, 1.82) is 0 Å². The number of benzene rings is 1. The molecule has 0 saturated heterocycles. The van der Waals surface area contributed by atoms with Crippen LogP contribution >= 0.6 is 38.9 Å². The normalized spacial score (nSPS) is 15.3.